The third kappa shape index (κ3) is 9.41. The molecule has 0 spiro atoms. The van der Waals surface area contributed by atoms with E-state index in [9.17, 15) is 22.8 Å². The van der Waals surface area contributed by atoms with E-state index in [4.69, 9.17) is 4.74 Å². The van der Waals surface area contributed by atoms with Crippen LogP contribution in [0.5, 0.6) is 5.75 Å². The number of halogens is 3. The molecule has 0 amide bonds. The Morgan fingerprint density at radius 2 is 1.77 bits per heavy atom. The first-order chi connectivity index (χ1) is 12.3. The number of nitrogens with one attached hydrogen (secondary N) is 1. The summed E-state index contributed by atoms with van der Waals surface area (Å²) in [6, 6.07) is 7.66. The Hall–Kier alpha value is -2.09. The Balaban J connectivity index is 2.16. The van der Waals surface area contributed by atoms with Crippen LogP contribution in [0.2, 0.25) is 0 Å². The normalized spacial score (nSPS) is 11.2. The number of benzene rings is 1. The standard InChI is InChI=1S/C18H24F3NO4/c1-2-3-4-13-25-15-7-5-14(6-8-15)9-11-22-12-10-16(23)26-17(24)18(19,20)21/h5-8,22H,2-4,9-13H2,1H3. The van der Waals surface area contributed by atoms with Gasteiger partial charge in [0.05, 0.1) is 13.0 Å². The molecule has 1 rings (SSSR count). The van der Waals surface area contributed by atoms with Crippen molar-refractivity contribution in [3.8, 4) is 5.75 Å². The molecule has 1 N–H and O–H groups in total. The summed E-state index contributed by atoms with van der Waals surface area (Å²) < 4.78 is 45.1. The van der Waals surface area contributed by atoms with Crippen molar-refractivity contribution in [2.24, 2.45) is 0 Å². The van der Waals surface area contributed by atoms with Crippen molar-refractivity contribution < 1.29 is 32.2 Å². The Morgan fingerprint density at radius 1 is 1.08 bits per heavy atom. The monoisotopic (exact) mass is 375 g/mol. The summed E-state index contributed by atoms with van der Waals surface area (Å²) in [5.41, 5.74) is 1.06. The molecule has 0 radical (unpaired) electrons. The molecule has 0 saturated carbocycles. The summed E-state index contributed by atoms with van der Waals surface area (Å²) in [6.45, 7) is 3.50. The Bertz CT molecular complexity index is 559. The molecule has 1 aromatic rings. The number of esters is 2. The summed E-state index contributed by atoms with van der Waals surface area (Å²) in [6.07, 6.45) is -1.47. The molecule has 146 valence electrons. The lowest BCUT2D eigenvalue weighted by molar-refractivity contribution is -0.201. The lowest BCUT2D eigenvalue weighted by Gasteiger charge is -2.08. The highest BCUT2D eigenvalue weighted by molar-refractivity contribution is 5.88. The molecule has 8 heteroatoms. The Kier molecular flexibility index (Phi) is 9.72. The maximum Gasteiger partial charge on any atom is 0.491 e. The summed E-state index contributed by atoms with van der Waals surface area (Å²) in [7, 11) is 0. The zero-order valence-electron chi connectivity index (χ0n) is 14.7. The molecule has 0 aliphatic carbocycles. The van der Waals surface area contributed by atoms with E-state index < -0.39 is 18.1 Å². The Morgan fingerprint density at radius 3 is 2.38 bits per heavy atom. The molecule has 0 heterocycles. The van der Waals surface area contributed by atoms with Crippen molar-refractivity contribution in [2.45, 2.75) is 45.2 Å². The minimum Gasteiger partial charge on any atom is -0.494 e. The number of hydrogen-bond acceptors (Lipinski definition) is 5. The predicted octanol–water partition coefficient (Wildman–Crippen LogP) is 3.41. The van der Waals surface area contributed by atoms with Crippen LogP contribution < -0.4 is 10.1 Å². The maximum atomic E-state index is 11.9. The molecule has 0 aromatic heterocycles. The summed E-state index contributed by atoms with van der Waals surface area (Å²) in [5, 5.41) is 2.92. The van der Waals surface area contributed by atoms with Crippen molar-refractivity contribution in [3.63, 3.8) is 0 Å². The van der Waals surface area contributed by atoms with Crippen LogP contribution in [0, 0.1) is 0 Å². The minimum atomic E-state index is -5.16. The molecule has 0 aliphatic heterocycles. The SMILES string of the molecule is CCCCCOc1ccc(CCNCCC(=O)OC(=O)C(F)(F)F)cc1. The molecule has 0 unspecified atom stereocenters. The van der Waals surface area contributed by atoms with Crippen LogP contribution in [0.4, 0.5) is 13.2 Å². The van der Waals surface area contributed by atoms with Crippen LogP contribution in [0.15, 0.2) is 24.3 Å². The van der Waals surface area contributed by atoms with Crippen molar-refractivity contribution in [1.29, 1.82) is 0 Å². The molecule has 0 aliphatic rings. The third-order valence-corrected chi connectivity index (χ3v) is 3.47. The quantitative estimate of drug-likeness (QED) is 0.365. The number of rotatable bonds is 11. The zero-order chi connectivity index (χ0) is 19.4. The second-order valence-electron chi connectivity index (χ2n) is 5.71. The van der Waals surface area contributed by atoms with Crippen LogP contribution >= 0.6 is 0 Å². The van der Waals surface area contributed by atoms with Crippen molar-refractivity contribution >= 4 is 11.9 Å². The lowest BCUT2D eigenvalue weighted by Crippen LogP contribution is -2.29. The van der Waals surface area contributed by atoms with Gasteiger partial charge in [-0.2, -0.15) is 13.2 Å². The number of carbonyl (C=O) groups is 2. The second kappa shape index (κ2) is 11.5. The molecule has 0 fully saturated rings. The van der Waals surface area contributed by atoms with Crippen LogP contribution in [0.1, 0.15) is 38.2 Å². The van der Waals surface area contributed by atoms with Crippen LogP contribution in [0.3, 0.4) is 0 Å². The lowest BCUT2D eigenvalue weighted by atomic mass is 10.1. The van der Waals surface area contributed by atoms with Gasteiger partial charge in [-0.15, -0.1) is 0 Å². The van der Waals surface area contributed by atoms with Gasteiger partial charge in [-0.1, -0.05) is 31.9 Å². The van der Waals surface area contributed by atoms with Gasteiger partial charge in [0, 0.05) is 6.54 Å². The van der Waals surface area contributed by atoms with Crippen molar-refractivity contribution in [1.82, 2.24) is 5.32 Å². The van der Waals surface area contributed by atoms with Gasteiger partial charge in [0.2, 0.25) is 0 Å². The van der Waals surface area contributed by atoms with Gasteiger partial charge in [-0.25, -0.2) is 4.79 Å². The number of ether oxygens (including phenoxy) is 2. The fourth-order valence-corrected chi connectivity index (χ4v) is 2.05. The minimum absolute atomic E-state index is 0.128. The van der Waals surface area contributed by atoms with Gasteiger partial charge in [-0.05, 0) is 37.1 Å². The first kappa shape index (κ1) is 22.0. The number of carbonyl (C=O) groups excluding carboxylic acids is 2. The van der Waals surface area contributed by atoms with Crippen LogP contribution in [-0.2, 0) is 20.7 Å². The largest absolute Gasteiger partial charge is 0.494 e. The molecular weight excluding hydrogens is 351 g/mol. The number of unbranched alkanes of at least 4 members (excludes halogenated alkanes) is 2. The first-order valence-electron chi connectivity index (χ1n) is 8.57. The van der Waals surface area contributed by atoms with Crippen molar-refractivity contribution in [2.75, 3.05) is 19.7 Å². The summed E-state index contributed by atoms with van der Waals surface area (Å²) in [4.78, 5) is 21.6. The highest BCUT2D eigenvalue weighted by Gasteiger charge is 2.42. The predicted molar refractivity (Wildman–Crippen MR) is 89.8 cm³/mol. The highest BCUT2D eigenvalue weighted by atomic mass is 19.4. The third-order valence-electron chi connectivity index (χ3n) is 3.47. The topological polar surface area (TPSA) is 64.6 Å². The van der Waals surface area contributed by atoms with Gasteiger partial charge in [0.25, 0.3) is 0 Å². The van der Waals surface area contributed by atoms with Crippen LogP contribution in [-0.4, -0.2) is 37.8 Å². The van der Waals surface area contributed by atoms with E-state index in [2.05, 4.69) is 17.0 Å². The van der Waals surface area contributed by atoms with Crippen LogP contribution in [0.25, 0.3) is 0 Å². The van der Waals surface area contributed by atoms with E-state index >= 15 is 0 Å². The average Bonchev–Trinajstić information content (AvgIpc) is 2.59. The van der Waals surface area contributed by atoms with E-state index in [0.717, 1.165) is 30.6 Å². The van der Waals surface area contributed by atoms with Gasteiger partial charge in [0.15, 0.2) is 0 Å². The zero-order valence-corrected chi connectivity index (χ0v) is 14.7. The molecule has 26 heavy (non-hydrogen) atoms. The molecule has 0 bridgehead atoms. The van der Waals surface area contributed by atoms with E-state index in [1.165, 1.54) is 0 Å². The van der Waals surface area contributed by atoms with E-state index in [1.54, 1.807) is 0 Å². The van der Waals surface area contributed by atoms with Gasteiger partial charge >= 0.3 is 18.1 Å². The number of hydrogen-bond donors (Lipinski definition) is 1. The van der Waals surface area contributed by atoms with E-state index in [1.807, 2.05) is 24.3 Å². The summed E-state index contributed by atoms with van der Waals surface area (Å²) in [5.74, 6) is -2.88. The first-order valence-corrected chi connectivity index (χ1v) is 8.57. The second-order valence-corrected chi connectivity index (χ2v) is 5.71. The van der Waals surface area contributed by atoms with Gasteiger partial charge < -0.3 is 14.8 Å². The summed E-state index contributed by atoms with van der Waals surface area (Å²) >= 11 is 0. The van der Waals surface area contributed by atoms with Crippen molar-refractivity contribution in [3.05, 3.63) is 29.8 Å². The molecule has 5 nitrogen and oxygen atoms in total. The average molecular weight is 375 g/mol. The molecule has 0 atom stereocenters. The molecule has 1 aromatic carbocycles. The highest BCUT2D eigenvalue weighted by Crippen LogP contribution is 2.16. The van der Waals surface area contributed by atoms with Gasteiger partial charge in [0.1, 0.15) is 5.75 Å². The molecular formula is C18H24F3NO4. The van der Waals surface area contributed by atoms with E-state index in [-0.39, 0.29) is 13.0 Å². The smallest absolute Gasteiger partial charge is 0.491 e. The fourth-order valence-electron chi connectivity index (χ4n) is 2.05. The maximum absolute atomic E-state index is 11.9. The fraction of sp³-hybridized carbons (Fsp3) is 0.556. The number of alkyl halides is 3. The molecule has 0 saturated heterocycles. The Labute approximate surface area is 150 Å². The van der Waals surface area contributed by atoms with Gasteiger partial charge in [-0.3, -0.25) is 4.79 Å². The van der Waals surface area contributed by atoms with E-state index in [0.29, 0.717) is 19.6 Å².